The second-order valence-electron chi connectivity index (χ2n) is 25.9. The third-order valence-corrected chi connectivity index (χ3v) is 18.3. The second kappa shape index (κ2) is 40.1. The number of aliphatic hydroxyl groups excluding tert-OH is 2. The van der Waals surface area contributed by atoms with Crippen molar-refractivity contribution in [1.29, 1.82) is 0 Å². The minimum absolute atomic E-state index is 0.0216. The molecule has 0 aromatic heterocycles. The van der Waals surface area contributed by atoms with Crippen molar-refractivity contribution in [3.63, 3.8) is 0 Å². The first-order valence-electron chi connectivity index (χ1n) is 35.3. The molecule has 30 heteroatoms. The van der Waals surface area contributed by atoms with Crippen LogP contribution in [0.25, 0.3) is 20.9 Å². The molecule has 4 aliphatic rings. The van der Waals surface area contributed by atoms with Gasteiger partial charge in [-0.3, -0.25) is 0 Å². The van der Waals surface area contributed by atoms with Gasteiger partial charge in [0, 0.05) is 9.82 Å². The molecule has 11 rings (SSSR count). The van der Waals surface area contributed by atoms with Gasteiger partial charge >= 0.3 is 23.9 Å². The van der Waals surface area contributed by atoms with E-state index in [2.05, 4.69) is 20.1 Å². The summed E-state index contributed by atoms with van der Waals surface area (Å²) in [5.74, 6) is -3.38. The second-order valence-corrected chi connectivity index (χ2v) is 25.9. The van der Waals surface area contributed by atoms with Gasteiger partial charge in [0.25, 0.3) is 0 Å². The standard InChI is InChI=1S/C79H86N6O24/c1-47(2)100-78-70(103-72(88)53-32-20-10-21-33-53)64(98-44-50-28-16-8-17-29-50)66(68(108-78)74(90)93-4)107-77-59(83-85-81)63(97-43-49-26-14-7-15-27-49)61(57(102-77)46-95-41-52-36-38-55(92-3)39-37-52)105-79-71(104-73(89)54-34-22-11-23-35-54)65(99-45-51-30-18-9-19-31-51)67(69(109-79)75(91)94-5)106-76-58(82-84-80)62(60(87)56(40-86)101-76)96-42-48-24-12-6-13-25-48/h6-39,47,56-71,76-79,86-87H,40-46H2,1-5H3/t56-,57-,58-,59-,60-,61-,62-,63-,64+,65+,66+,67+,68-,69-,70-,71-,76-,77-,78-,79-/m1/s1. The summed E-state index contributed by atoms with van der Waals surface area (Å²) in [5, 5.41) is 31.0. The molecule has 30 nitrogen and oxygen atoms in total. The molecule has 2 N–H and O–H groups in total. The molecular formula is C79H86N6O24. The van der Waals surface area contributed by atoms with Gasteiger partial charge in [-0.25, -0.2) is 19.2 Å². The van der Waals surface area contributed by atoms with Crippen LogP contribution in [0.2, 0.25) is 0 Å². The minimum atomic E-state index is -2.04. The number of carbonyl (C=O) groups is 4. The van der Waals surface area contributed by atoms with Crippen LogP contribution >= 0.6 is 0 Å². The van der Waals surface area contributed by atoms with E-state index in [1.54, 1.807) is 202 Å². The van der Waals surface area contributed by atoms with Gasteiger partial charge < -0.3 is 95.5 Å². The highest BCUT2D eigenvalue weighted by atomic mass is 16.8. The summed E-state index contributed by atoms with van der Waals surface area (Å²) in [6.07, 6.45) is -31.4. The number of methoxy groups -OCH3 is 3. The fourth-order valence-corrected chi connectivity index (χ4v) is 12.9. The Balaban J connectivity index is 1.05. The van der Waals surface area contributed by atoms with E-state index in [0.29, 0.717) is 33.6 Å². The van der Waals surface area contributed by atoms with Gasteiger partial charge in [0.15, 0.2) is 49.6 Å². The number of nitrogens with zero attached hydrogens (tertiary/aromatic N) is 6. The molecule has 4 aliphatic heterocycles. The van der Waals surface area contributed by atoms with Gasteiger partial charge in [-0.05, 0) is 89.1 Å². The van der Waals surface area contributed by atoms with E-state index in [4.69, 9.17) is 85.3 Å². The number of ether oxygens (including phenoxy) is 18. The number of azide groups is 2. The summed E-state index contributed by atoms with van der Waals surface area (Å²) < 4.78 is 117. The number of hydrogen-bond acceptors (Lipinski definition) is 26. The SMILES string of the molecule is COC(=O)[C@@H]1O[C@@H](OC(C)C)[C@H](OC(=O)c2ccccc2)[C@@H](OCc2ccccc2)[C@@H]1O[C@H]1O[C@H](COCc2ccc(OC)cc2)[C@@H](O[C@@H]2O[C@@H](C(=O)OC)[C@@H](O[C@H]3O[C@H](CO)[C@@H](O)[C@H](OCc4ccccc4)[C@H]3N=[N+]=[N-])[C@H](OCc3ccccc3)[C@H]2OC(=O)c2ccccc2)[C@H](OCc2ccccc2)[C@H]1N=[N+]=[N-]. The largest absolute Gasteiger partial charge is 0.497 e. The third-order valence-electron chi connectivity index (χ3n) is 18.3. The first kappa shape index (κ1) is 80.3. The molecule has 0 unspecified atom stereocenters. The van der Waals surface area contributed by atoms with Crippen LogP contribution in [0.15, 0.2) is 216 Å². The van der Waals surface area contributed by atoms with Crippen molar-refractivity contribution in [2.75, 3.05) is 34.5 Å². The molecule has 7 aromatic rings. The Bertz CT molecular complexity index is 4090. The molecule has 7 aromatic carbocycles. The minimum Gasteiger partial charge on any atom is -0.497 e. The van der Waals surface area contributed by atoms with Crippen LogP contribution in [0.3, 0.4) is 0 Å². The van der Waals surface area contributed by atoms with Gasteiger partial charge in [-0.15, -0.1) is 0 Å². The number of esters is 4. The lowest BCUT2D eigenvalue weighted by atomic mass is 9.93. The van der Waals surface area contributed by atoms with Crippen LogP contribution in [-0.2, 0) is 123 Å². The first-order valence-corrected chi connectivity index (χ1v) is 35.3. The Labute approximate surface area is 628 Å². The molecular weight excluding hydrogens is 1420 g/mol. The number of benzene rings is 7. The maximum Gasteiger partial charge on any atom is 0.338 e. The highest BCUT2D eigenvalue weighted by Gasteiger charge is 2.61. The smallest absolute Gasteiger partial charge is 0.338 e. The third kappa shape index (κ3) is 21.0. The van der Waals surface area contributed by atoms with Gasteiger partial charge in [-0.1, -0.05) is 180 Å². The lowest BCUT2D eigenvalue weighted by Gasteiger charge is -2.51. The molecule has 4 heterocycles. The van der Waals surface area contributed by atoms with Crippen molar-refractivity contribution >= 4 is 23.9 Å². The molecule has 0 aliphatic carbocycles. The van der Waals surface area contributed by atoms with E-state index < -0.39 is 166 Å². The van der Waals surface area contributed by atoms with E-state index >= 15 is 4.79 Å². The number of hydrogen-bond donors (Lipinski definition) is 2. The highest BCUT2D eigenvalue weighted by Crippen LogP contribution is 2.41. The molecule has 576 valence electrons. The summed E-state index contributed by atoms with van der Waals surface area (Å²) in [5.41, 5.74) is 24.5. The highest BCUT2D eigenvalue weighted by molar-refractivity contribution is 5.90. The Morgan fingerprint density at radius 3 is 1.22 bits per heavy atom. The van der Waals surface area contributed by atoms with Crippen LogP contribution in [0.4, 0.5) is 0 Å². The summed E-state index contributed by atoms with van der Waals surface area (Å²) in [6, 6.07) is 55.1. The predicted octanol–water partition coefficient (Wildman–Crippen LogP) is 9.54. The summed E-state index contributed by atoms with van der Waals surface area (Å²) in [4.78, 5) is 65.4. The molecule has 0 radical (unpaired) electrons. The van der Waals surface area contributed by atoms with Crippen molar-refractivity contribution in [1.82, 2.24) is 0 Å². The molecule has 0 bridgehead atoms. The van der Waals surface area contributed by atoms with Gasteiger partial charge in [-0.2, -0.15) is 0 Å². The monoisotopic (exact) mass is 1500 g/mol. The van der Waals surface area contributed by atoms with Crippen molar-refractivity contribution < 1.29 is 115 Å². The number of aliphatic hydroxyl groups is 2. The van der Waals surface area contributed by atoms with E-state index in [1.165, 1.54) is 19.2 Å². The summed E-state index contributed by atoms with van der Waals surface area (Å²) in [7, 11) is 3.72. The van der Waals surface area contributed by atoms with Crippen molar-refractivity contribution in [2.24, 2.45) is 10.2 Å². The Hall–Kier alpha value is -9.76. The average Bonchev–Trinajstić information content (AvgIpc) is 0.757. The van der Waals surface area contributed by atoms with Crippen molar-refractivity contribution in [3.8, 4) is 5.75 Å². The van der Waals surface area contributed by atoms with E-state index in [0.717, 1.165) is 14.2 Å². The van der Waals surface area contributed by atoms with Crippen LogP contribution in [-0.4, -0.2) is 197 Å². The molecule has 20 atom stereocenters. The maximum absolute atomic E-state index is 15.1. The van der Waals surface area contributed by atoms with E-state index in [9.17, 15) is 35.7 Å². The zero-order valence-corrected chi connectivity index (χ0v) is 60.3. The van der Waals surface area contributed by atoms with Crippen LogP contribution in [0.1, 0.15) is 62.4 Å². The van der Waals surface area contributed by atoms with Crippen LogP contribution < -0.4 is 4.74 Å². The summed E-state index contributed by atoms with van der Waals surface area (Å²) >= 11 is 0. The number of rotatable bonds is 34. The van der Waals surface area contributed by atoms with E-state index in [1.807, 2.05) is 6.07 Å². The molecule has 0 saturated carbocycles. The van der Waals surface area contributed by atoms with Crippen LogP contribution in [0.5, 0.6) is 5.75 Å². The quantitative estimate of drug-likeness (QED) is 0.0125. The first-order chi connectivity index (χ1) is 53.2. The predicted molar refractivity (Wildman–Crippen MR) is 382 cm³/mol. The Morgan fingerprint density at radius 1 is 0.431 bits per heavy atom. The van der Waals surface area contributed by atoms with Crippen molar-refractivity contribution in [3.05, 3.63) is 266 Å². The van der Waals surface area contributed by atoms with Crippen LogP contribution in [0, 0.1) is 0 Å². The topological polar surface area (TPSA) is 372 Å². The maximum atomic E-state index is 15.1. The lowest BCUT2D eigenvalue weighted by Crippen LogP contribution is -2.69. The molecule has 4 saturated heterocycles. The average molecular weight is 1500 g/mol. The Kier molecular flexibility index (Phi) is 29.5. The zero-order valence-electron chi connectivity index (χ0n) is 60.3. The number of carbonyl (C=O) groups excluding carboxylic acids is 4. The molecule has 4 fully saturated rings. The normalized spacial score (nSPS) is 28.1. The molecule has 0 amide bonds. The Morgan fingerprint density at radius 2 is 0.807 bits per heavy atom. The lowest BCUT2D eigenvalue weighted by molar-refractivity contribution is -0.376. The van der Waals surface area contributed by atoms with Gasteiger partial charge in [0.1, 0.15) is 72.8 Å². The molecule has 109 heavy (non-hydrogen) atoms. The van der Waals surface area contributed by atoms with E-state index in [-0.39, 0.29) is 44.2 Å². The fraction of sp³-hybridized carbons (Fsp3) is 0.418. The zero-order chi connectivity index (χ0) is 76.6. The molecule has 0 spiro atoms. The van der Waals surface area contributed by atoms with Gasteiger partial charge in [0.05, 0.1) is 90.9 Å². The fourth-order valence-electron chi connectivity index (χ4n) is 12.9. The van der Waals surface area contributed by atoms with Gasteiger partial charge in [0.2, 0.25) is 0 Å². The van der Waals surface area contributed by atoms with Crippen molar-refractivity contribution in [2.45, 2.75) is 176 Å². The summed E-state index contributed by atoms with van der Waals surface area (Å²) in [6.45, 7) is 1.19.